The number of aromatic nitrogens is 2. The Balaban J connectivity index is 2.10. The lowest BCUT2D eigenvalue weighted by Gasteiger charge is -2.27. The molecule has 4 nitrogen and oxygen atoms in total. The van der Waals surface area contributed by atoms with Gasteiger partial charge in [0.1, 0.15) is 10.7 Å². The second-order valence-electron chi connectivity index (χ2n) is 5.20. The molecule has 0 aromatic carbocycles. The van der Waals surface area contributed by atoms with Gasteiger partial charge in [-0.1, -0.05) is 32.0 Å². The molecule has 1 aliphatic rings. The summed E-state index contributed by atoms with van der Waals surface area (Å²) in [6, 6.07) is 2.28. The maximum absolute atomic E-state index is 5.62. The van der Waals surface area contributed by atoms with Gasteiger partial charge in [-0.25, -0.2) is 9.97 Å². The second-order valence-corrected chi connectivity index (χ2v) is 5.64. The molecule has 98 valence electrons. The largest absolute Gasteiger partial charge is 0.388 e. The second kappa shape index (κ2) is 5.61. The number of hydrogen-bond acceptors (Lipinski definition) is 4. The van der Waals surface area contributed by atoms with Gasteiger partial charge in [0.2, 0.25) is 5.95 Å². The van der Waals surface area contributed by atoms with E-state index in [0.717, 1.165) is 11.6 Å². The smallest absolute Gasteiger partial charge is 0.223 e. The first-order chi connectivity index (χ1) is 8.54. The third-order valence-electron chi connectivity index (χ3n) is 3.38. The first kappa shape index (κ1) is 13.2. The van der Waals surface area contributed by atoms with Crippen LogP contribution in [0, 0.1) is 12.8 Å². The van der Waals surface area contributed by atoms with Crippen LogP contribution in [0.2, 0.25) is 0 Å². The third kappa shape index (κ3) is 3.38. The SMILES string of the molecule is Cc1cc(C(N)=S)nc(NC2CCCC(C)C2)n1. The van der Waals surface area contributed by atoms with Crippen LogP contribution >= 0.6 is 12.2 Å². The predicted octanol–water partition coefficient (Wildman–Crippen LogP) is 2.41. The van der Waals surface area contributed by atoms with Crippen molar-refractivity contribution in [3.8, 4) is 0 Å². The molecule has 1 heterocycles. The van der Waals surface area contributed by atoms with Crippen LogP contribution in [0.25, 0.3) is 0 Å². The Bertz CT molecular complexity index is 447. The van der Waals surface area contributed by atoms with E-state index in [0.29, 0.717) is 22.7 Å². The zero-order valence-corrected chi connectivity index (χ0v) is 11.8. The molecule has 18 heavy (non-hydrogen) atoms. The normalized spacial score (nSPS) is 23.7. The number of nitrogens with zero attached hydrogens (tertiary/aromatic N) is 2. The first-order valence-corrected chi connectivity index (χ1v) is 6.87. The predicted molar refractivity (Wildman–Crippen MR) is 77.7 cm³/mol. The van der Waals surface area contributed by atoms with Crippen molar-refractivity contribution in [3.05, 3.63) is 17.5 Å². The van der Waals surface area contributed by atoms with Gasteiger partial charge in [-0.05, 0) is 31.7 Å². The third-order valence-corrected chi connectivity index (χ3v) is 3.59. The zero-order valence-electron chi connectivity index (χ0n) is 10.9. The Labute approximate surface area is 113 Å². The van der Waals surface area contributed by atoms with Crippen LogP contribution in [0.1, 0.15) is 44.0 Å². The summed E-state index contributed by atoms with van der Waals surface area (Å²) in [5, 5.41) is 3.41. The molecule has 5 heteroatoms. The topological polar surface area (TPSA) is 63.8 Å². The quantitative estimate of drug-likeness (QED) is 0.821. The summed E-state index contributed by atoms with van der Waals surface area (Å²) in [5.74, 6) is 1.42. The van der Waals surface area contributed by atoms with Gasteiger partial charge in [0.15, 0.2) is 0 Å². The highest BCUT2D eigenvalue weighted by atomic mass is 32.1. The van der Waals surface area contributed by atoms with Crippen LogP contribution in [0.5, 0.6) is 0 Å². The molecule has 2 atom stereocenters. The summed E-state index contributed by atoms with van der Waals surface area (Å²) < 4.78 is 0. The van der Waals surface area contributed by atoms with E-state index in [1.165, 1.54) is 25.7 Å². The lowest BCUT2D eigenvalue weighted by molar-refractivity contribution is 0.357. The van der Waals surface area contributed by atoms with Gasteiger partial charge in [-0.2, -0.15) is 0 Å². The highest BCUT2D eigenvalue weighted by molar-refractivity contribution is 7.80. The number of thiocarbonyl (C=S) groups is 1. The van der Waals surface area contributed by atoms with Crippen molar-refractivity contribution in [1.29, 1.82) is 0 Å². The van der Waals surface area contributed by atoms with Gasteiger partial charge in [0.05, 0.1) is 0 Å². The highest BCUT2D eigenvalue weighted by Gasteiger charge is 2.19. The molecular weight excluding hydrogens is 244 g/mol. The van der Waals surface area contributed by atoms with Crippen molar-refractivity contribution in [2.24, 2.45) is 11.7 Å². The summed E-state index contributed by atoms with van der Waals surface area (Å²) in [6.45, 7) is 4.23. The van der Waals surface area contributed by atoms with E-state index in [9.17, 15) is 0 Å². The molecule has 1 aliphatic carbocycles. The molecule has 1 aromatic rings. The number of nitrogens with one attached hydrogen (secondary N) is 1. The Hall–Kier alpha value is -1.23. The fraction of sp³-hybridized carbons (Fsp3) is 0.615. The van der Waals surface area contributed by atoms with E-state index in [2.05, 4.69) is 22.2 Å². The van der Waals surface area contributed by atoms with Crippen LogP contribution in [0.3, 0.4) is 0 Å². The van der Waals surface area contributed by atoms with Gasteiger partial charge in [-0.3, -0.25) is 0 Å². The molecule has 0 saturated heterocycles. The molecule has 2 unspecified atom stereocenters. The van der Waals surface area contributed by atoms with E-state index >= 15 is 0 Å². The molecular formula is C13H20N4S. The molecule has 0 bridgehead atoms. The number of anilines is 1. The Kier molecular flexibility index (Phi) is 4.11. The summed E-state index contributed by atoms with van der Waals surface area (Å²) in [4.78, 5) is 9.08. The molecule has 0 spiro atoms. The van der Waals surface area contributed by atoms with E-state index in [1.807, 2.05) is 13.0 Å². The molecule has 0 radical (unpaired) electrons. The monoisotopic (exact) mass is 264 g/mol. The van der Waals surface area contributed by atoms with Gasteiger partial charge in [0.25, 0.3) is 0 Å². The van der Waals surface area contributed by atoms with E-state index < -0.39 is 0 Å². The maximum atomic E-state index is 5.62. The molecule has 0 aliphatic heterocycles. The average Bonchev–Trinajstić information content (AvgIpc) is 2.28. The molecule has 1 fully saturated rings. The Morgan fingerprint density at radius 2 is 2.22 bits per heavy atom. The van der Waals surface area contributed by atoms with Crippen molar-refractivity contribution in [3.63, 3.8) is 0 Å². The van der Waals surface area contributed by atoms with Gasteiger partial charge in [-0.15, -0.1) is 0 Å². The maximum Gasteiger partial charge on any atom is 0.223 e. The molecule has 1 saturated carbocycles. The molecule has 2 rings (SSSR count). The first-order valence-electron chi connectivity index (χ1n) is 6.46. The minimum absolute atomic E-state index is 0.320. The van der Waals surface area contributed by atoms with Crippen molar-refractivity contribution in [2.45, 2.75) is 45.6 Å². The lowest BCUT2D eigenvalue weighted by atomic mass is 9.87. The number of nitrogens with two attached hydrogens (primary N) is 1. The van der Waals surface area contributed by atoms with Crippen molar-refractivity contribution < 1.29 is 0 Å². The van der Waals surface area contributed by atoms with Crippen molar-refractivity contribution in [2.75, 3.05) is 5.32 Å². The van der Waals surface area contributed by atoms with Crippen molar-refractivity contribution >= 4 is 23.2 Å². The fourth-order valence-corrected chi connectivity index (χ4v) is 2.61. The summed E-state index contributed by atoms with van der Waals surface area (Å²) in [7, 11) is 0. The van der Waals surface area contributed by atoms with Crippen LogP contribution in [0.4, 0.5) is 5.95 Å². The lowest BCUT2D eigenvalue weighted by Crippen LogP contribution is -2.27. The van der Waals surface area contributed by atoms with Crippen LogP contribution in [-0.2, 0) is 0 Å². The standard InChI is InChI=1S/C13H20N4S/c1-8-4-3-5-10(6-8)16-13-15-9(2)7-11(17-13)12(14)18/h7-8,10H,3-6H2,1-2H3,(H2,14,18)(H,15,16,17). The van der Waals surface area contributed by atoms with Crippen LogP contribution < -0.4 is 11.1 Å². The zero-order chi connectivity index (χ0) is 13.1. The van der Waals surface area contributed by atoms with Gasteiger partial charge in [0, 0.05) is 11.7 Å². The summed E-state index contributed by atoms with van der Waals surface area (Å²) >= 11 is 4.96. The number of hydrogen-bond donors (Lipinski definition) is 2. The van der Waals surface area contributed by atoms with E-state index in [4.69, 9.17) is 18.0 Å². The molecule has 0 amide bonds. The Morgan fingerprint density at radius 3 is 2.89 bits per heavy atom. The fourth-order valence-electron chi connectivity index (χ4n) is 2.51. The van der Waals surface area contributed by atoms with E-state index in [1.54, 1.807) is 0 Å². The Morgan fingerprint density at radius 1 is 1.44 bits per heavy atom. The average molecular weight is 264 g/mol. The minimum atomic E-state index is 0.320. The van der Waals surface area contributed by atoms with Crippen LogP contribution in [-0.4, -0.2) is 21.0 Å². The highest BCUT2D eigenvalue weighted by Crippen LogP contribution is 2.25. The number of aryl methyl sites for hydroxylation is 1. The van der Waals surface area contributed by atoms with E-state index in [-0.39, 0.29) is 0 Å². The summed E-state index contributed by atoms with van der Waals surface area (Å²) in [6.07, 6.45) is 4.96. The minimum Gasteiger partial charge on any atom is -0.388 e. The molecule has 3 N–H and O–H groups in total. The summed E-state index contributed by atoms with van der Waals surface area (Å²) in [5.41, 5.74) is 7.15. The number of rotatable bonds is 3. The van der Waals surface area contributed by atoms with Gasteiger partial charge < -0.3 is 11.1 Å². The van der Waals surface area contributed by atoms with Crippen LogP contribution in [0.15, 0.2) is 6.07 Å². The molecule has 1 aromatic heterocycles. The van der Waals surface area contributed by atoms with Crippen molar-refractivity contribution in [1.82, 2.24) is 9.97 Å². The van der Waals surface area contributed by atoms with Gasteiger partial charge >= 0.3 is 0 Å².